The van der Waals surface area contributed by atoms with E-state index >= 15 is 0 Å². The number of benzene rings is 2. The van der Waals surface area contributed by atoms with Crippen LogP contribution >= 0.6 is 0 Å². The van der Waals surface area contributed by atoms with Crippen LogP contribution in [0.4, 0.5) is 5.69 Å². The molecule has 0 aliphatic rings. The lowest BCUT2D eigenvalue weighted by molar-refractivity contribution is -0.118. The predicted molar refractivity (Wildman–Crippen MR) is 79.6 cm³/mol. The second kappa shape index (κ2) is 6.61. The predicted octanol–water partition coefficient (Wildman–Crippen LogP) is 2.72. The Hall–Kier alpha value is -2.49. The van der Waals surface area contributed by atoms with Crippen molar-refractivity contribution >= 4 is 11.6 Å². The summed E-state index contributed by atoms with van der Waals surface area (Å²) < 4.78 is 5.38. The van der Waals surface area contributed by atoms with E-state index in [2.05, 4.69) is 5.32 Å². The molecule has 1 atom stereocenters. The summed E-state index contributed by atoms with van der Waals surface area (Å²) in [6, 6.07) is 16.3. The molecule has 4 heteroatoms. The van der Waals surface area contributed by atoms with Gasteiger partial charge in [-0.25, -0.2) is 0 Å². The summed E-state index contributed by atoms with van der Waals surface area (Å²) in [5, 5.41) is 3.13. The van der Waals surface area contributed by atoms with Crippen LogP contribution in [0.2, 0.25) is 0 Å². The van der Waals surface area contributed by atoms with Crippen LogP contribution in [-0.2, 0) is 4.79 Å². The minimum absolute atomic E-state index is 0.412. The molecule has 2 rings (SSSR count). The van der Waals surface area contributed by atoms with Gasteiger partial charge in [-0.2, -0.15) is 0 Å². The van der Waals surface area contributed by atoms with Crippen LogP contribution in [0.5, 0.6) is 5.75 Å². The summed E-state index contributed by atoms with van der Waals surface area (Å²) in [5.41, 5.74) is 7.13. The molecular formula is C16H18N2O2. The van der Waals surface area contributed by atoms with Crippen LogP contribution < -0.4 is 15.8 Å². The number of primary amides is 1. The van der Waals surface area contributed by atoms with Gasteiger partial charge in [0.25, 0.3) is 0 Å². The van der Waals surface area contributed by atoms with Gasteiger partial charge in [-0.05, 0) is 36.8 Å². The van der Waals surface area contributed by atoms with Gasteiger partial charge in [0.05, 0.1) is 6.61 Å². The first-order chi connectivity index (χ1) is 9.70. The van der Waals surface area contributed by atoms with Crippen LogP contribution in [0.25, 0.3) is 0 Å². The average Bonchev–Trinajstić information content (AvgIpc) is 2.47. The zero-order valence-corrected chi connectivity index (χ0v) is 11.4. The van der Waals surface area contributed by atoms with E-state index in [4.69, 9.17) is 10.5 Å². The highest BCUT2D eigenvalue weighted by molar-refractivity contribution is 5.84. The number of nitrogens with one attached hydrogen (secondary N) is 1. The summed E-state index contributed by atoms with van der Waals surface area (Å²) in [4.78, 5) is 11.6. The van der Waals surface area contributed by atoms with Gasteiger partial charge < -0.3 is 15.8 Å². The third-order valence-electron chi connectivity index (χ3n) is 2.89. The lowest BCUT2D eigenvalue weighted by Crippen LogP contribution is -2.27. The number of hydrogen-bond donors (Lipinski definition) is 2. The fraction of sp³-hybridized carbons (Fsp3) is 0.188. The second-order valence-electron chi connectivity index (χ2n) is 4.35. The quantitative estimate of drug-likeness (QED) is 0.848. The zero-order chi connectivity index (χ0) is 14.4. The molecule has 1 unspecified atom stereocenters. The number of rotatable bonds is 6. The molecule has 0 fully saturated rings. The molecule has 0 radical (unpaired) electrons. The molecule has 2 aromatic rings. The molecule has 0 spiro atoms. The number of nitrogens with two attached hydrogens (primary N) is 1. The van der Waals surface area contributed by atoms with Gasteiger partial charge in [0.1, 0.15) is 11.8 Å². The van der Waals surface area contributed by atoms with Crippen LogP contribution in [0.1, 0.15) is 18.5 Å². The Morgan fingerprint density at radius 1 is 1.15 bits per heavy atom. The number of amides is 1. The lowest BCUT2D eigenvalue weighted by Gasteiger charge is -2.17. The summed E-state index contributed by atoms with van der Waals surface area (Å²) in [6.45, 7) is 2.56. The molecule has 0 saturated carbocycles. The molecule has 1 amide bonds. The normalized spacial score (nSPS) is 11.7. The van der Waals surface area contributed by atoms with Gasteiger partial charge in [-0.1, -0.05) is 30.3 Å². The first kappa shape index (κ1) is 13.9. The first-order valence-electron chi connectivity index (χ1n) is 6.54. The van der Waals surface area contributed by atoms with Crippen molar-refractivity contribution in [3.05, 3.63) is 60.2 Å². The smallest absolute Gasteiger partial charge is 0.244 e. The fourth-order valence-corrected chi connectivity index (χ4v) is 1.94. The number of ether oxygens (including phenoxy) is 1. The van der Waals surface area contributed by atoms with Crippen molar-refractivity contribution in [1.29, 1.82) is 0 Å². The Kier molecular flexibility index (Phi) is 4.60. The van der Waals surface area contributed by atoms with Crippen molar-refractivity contribution in [3.8, 4) is 5.75 Å². The average molecular weight is 270 g/mol. The third kappa shape index (κ3) is 3.51. The van der Waals surface area contributed by atoms with Crippen molar-refractivity contribution in [3.63, 3.8) is 0 Å². The van der Waals surface area contributed by atoms with E-state index in [-0.39, 0.29) is 0 Å². The third-order valence-corrected chi connectivity index (χ3v) is 2.89. The van der Waals surface area contributed by atoms with Gasteiger partial charge in [0.15, 0.2) is 0 Å². The molecule has 0 aliphatic carbocycles. The maximum absolute atomic E-state index is 11.6. The van der Waals surface area contributed by atoms with Gasteiger partial charge in [0, 0.05) is 5.69 Å². The molecule has 20 heavy (non-hydrogen) atoms. The minimum Gasteiger partial charge on any atom is -0.494 e. The van der Waals surface area contributed by atoms with E-state index in [0.29, 0.717) is 6.61 Å². The molecule has 0 bridgehead atoms. The highest BCUT2D eigenvalue weighted by Gasteiger charge is 2.16. The van der Waals surface area contributed by atoms with E-state index in [1.54, 1.807) is 0 Å². The standard InChI is InChI=1S/C16H18N2O2/c1-2-20-14-10-8-13(9-11-14)18-15(16(17)19)12-6-4-3-5-7-12/h3-11,15,18H,2H2,1H3,(H2,17,19). The van der Waals surface area contributed by atoms with E-state index < -0.39 is 11.9 Å². The highest BCUT2D eigenvalue weighted by atomic mass is 16.5. The van der Waals surface area contributed by atoms with Crippen molar-refractivity contribution in [1.82, 2.24) is 0 Å². The number of anilines is 1. The monoisotopic (exact) mass is 270 g/mol. The van der Waals surface area contributed by atoms with Gasteiger partial charge in [0.2, 0.25) is 5.91 Å². The number of hydrogen-bond acceptors (Lipinski definition) is 3. The molecule has 0 aliphatic heterocycles. The Bertz CT molecular complexity index is 552. The van der Waals surface area contributed by atoms with Crippen LogP contribution in [0, 0.1) is 0 Å². The Labute approximate surface area is 118 Å². The topological polar surface area (TPSA) is 64.3 Å². The molecule has 0 saturated heterocycles. The van der Waals surface area contributed by atoms with Crippen molar-refractivity contribution < 1.29 is 9.53 Å². The molecule has 4 nitrogen and oxygen atoms in total. The summed E-state index contributed by atoms with van der Waals surface area (Å²) in [7, 11) is 0. The van der Waals surface area contributed by atoms with Gasteiger partial charge in [-0.3, -0.25) is 4.79 Å². The van der Waals surface area contributed by atoms with Gasteiger partial charge >= 0.3 is 0 Å². The van der Waals surface area contributed by atoms with Crippen molar-refractivity contribution in [2.45, 2.75) is 13.0 Å². The van der Waals surface area contributed by atoms with Crippen molar-refractivity contribution in [2.24, 2.45) is 5.73 Å². The van der Waals surface area contributed by atoms with E-state index in [1.807, 2.05) is 61.5 Å². The molecule has 0 heterocycles. The van der Waals surface area contributed by atoms with Crippen LogP contribution in [0.15, 0.2) is 54.6 Å². The maximum Gasteiger partial charge on any atom is 0.244 e. The summed E-state index contributed by atoms with van der Waals surface area (Å²) in [5.74, 6) is 0.387. The minimum atomic E-state index is -0.547. The molecule has 104 valence electrons. The molecular weight excluding hydrogens is 252 g/mol. The highest BCUT2D eigenvalue weighted by Crippen LogP contribution is 2.21. The second-order valence-corrected chi connectivity index (χ2v) is 4.35. The van der Waals surface area contributed by atoms with Crippen LogP contribution in [0.3, 0.4) is 0 Å². The number of carbonyl (C=O) groups excluding carboxylic acids is 1. The van der Waals surface area contributed by atoms with E-state index in [0.717, 1.165) is 17.0 Å². The summed E-state index contributed by atoms with van der Waals surface area (Å²) in [6.07, 6.45) is 0. The molecule has 3 N–H and O–H groups in total. The number of carbonyl (C=O) groups is 1. The molecule has 2 aromatic carbocycles. The largest absolute Gasteiger partial charge is 0.494 e. The SMILES string of the molecule is CCOc1ccc(NC(C(N)=O)c2ccccc2)cc1. The summed E-state index contributed by atoms with van der Waals surface area (Å²) >= 11 is 0. The fourth-order valence-electron chi connectivity index (χ4n) is 1.94. The Morgan fingerprint density at radius 2 is 1.80 bits per heavy atom. The van der Waals surface area contributed by atoms with E-state index in [1.165, 1.54) is 0 Å². The maximum atomic E-state index is 11.6. The lowest BCUT2D eigenvalue weighted by atomic mass is 10.1. The van der Waals surface area contributed by atoms with Gasteiger partial charge in [-0.15, -0.1) is 0 Å². The van der Waals surface area contributed by atoms with Crippen LogP contribution in [-0.4, -0.2) is 12.5 Å². The zero-order valence-electron chi connectivity index (χ0n) is 11.4. The Morgan fingerprint density at radius 3 is 2.35 bits per heavy atom. The molecule has 0 aromatic heterocycles. The van der Waals surface area contributed by atoms with Crippen molar-refractivity contribution in [2.75, 3.05) is 11.9 Å². The van der Waals surface area contributed by atoms with E-state index in [9.17, 15) is 4.79 Å². The Balaban J connectivity index is 2.14. The first-order valence-corrected chi connectivity index (χ1v) is 6.54.